The predicted molar refractivity (Wildman–Crippen MR) is 91.1 cm³/mol. The highest BCUT2D eigenvalue weighted by Crippen LogP contribution is 2.30. The summed E-state index contributed by atoms with van der Waals surface area (Å²) in [5, 5.41) is 10.6. The minimum Gasteiger partial charge on any atom is -0.339 e. The van der Waals surface area contributed by atoms with Crippen LogP contribution < -0.4 is 5.32 Å². The van der Waals surface area contributed by atoms with E-state index in [4.69, 9.17) is 4.52 Å². The fourth-order valence-corrected chi connectivity index (χ4v) is 2.66. The van der Waals surface area contributed by atoms with Crippen molar-refractivity contribution < 1.29 is 22.5 Å². The predicted octanol–water partition coefficient (Wildman–Crippen LogP) is 2.99. The third kappa shape index (κ3) is 3.73. The summed E-state index contributed by atoms with van der Waals surface area (Å²) in [7, 11) is 1.66. The molecule has 148 valence electrons. The molecule has 8 nitrogen and oxygen atoms in total. The van der Waals surface area contributed by atoms with E-state index in [1.807, 2.05) is 0 Å². The maximum Gasteiger partial charge on any atom is 0.433 e. The molecule has 3 rings (SSSR count). The first kappa shape index (κ1) is 19.5. The fourth-order valence-electron chi connectivity index (χ4n) is 2.66. The highest BCUT2D eigenvalue weighted by Gasteiger charge is 2.33. The summed E-state index contributed by atoms with van der Waals surface area (Å²) in [5.41, 5.74) is 0.926. The summed E-state index contributed by atoms with van der Waals surface area (Å²) < 4.78 is 45.0. The normalized spacial score (nSPS) is 12.8. The van der Waals surface area contributed by atoms with Crippen LogP contribution in [0.5, 0.6) is 0 Å². The van der Waals surface area contributed by atoms with E-state index in [1.165, 1.54) is 10.7 Å². The Balaban J connectivity index is 1.79. The molecule has 0 spiro atoms. The van der Waals surface area contributed by atoms with Gasteiger partial charge in [0.15, 0.2) is 0 Å². The Kier molecular flexibility index (Phi) is 4.92. The van der Waals surface area contributed by atoms with Gasteiger partial charge in [0.2, 0.25) is 11.7 Å². The van der Waals surface area contributed by atoms with Crippen LogP contribution in [-0.4, -0.2) is 30.8 Å². The van der Waals surface area contributed by atoms with Crippen LogP contribution in [0.25, 0.3) is 11.4 Å². The third-order valence-electron chi connectivity index (χ3n) is 4.20. The molecule has 1 amide bonds. The molecule has 0 saturated carbocycles. The number of nitrogens with zero attached hydrogens (tertiary/aromatic N) is 5. The Labute approximate surface area is 157 Å². The van der Waals surface area contributed by atoms with Crippen LogP contribution in [0.3, 0.4) is 0 Å². The Morgan fingerprint density at radius 3 is 2.64 bits per heavy atom. The summed E-state index contributed by atoms with van der Waals surface area (Å²) in [4.78, 5) is 19.9. The number of pyridine rings is 1. The largest absolute Gasteiger partial charge is 0.433 e. The van der Waals surface area contributed by atoms with E-state index in [2.05, 4.69) is 25.5 Å². The molecule has 1 N–H and O–H groups in total. The van der Waals surface area contributed by atoms with E-state index < -0.39 is 17.9 Å². The van der Waals surface area contributed by atoms with Crippen molar-refractivity contribution in [1.29, 1.82) is 0 Å². The van der Waals surface area contributed by atoms with Gasteiger partial charge in [-0.1, -0.05) is 5.16 Å². The number of carbonyl (C=O) groups is 1. The van der Waals surface area contributed by atoms with Crippen molar-refractivity contribution >= 4 is 5.91 Å². The lowest BCUT2D eigenvalue weighted by atomic mass is 10.2. The van der Waals surface area contributed by atoms with Crippen LogP contribution in [0.15, 0.2) is 22.9 Å². The molecular formula is C17H17F3N6O2. The molecule has 3 aromatic heterocycles. The molecule has 28 heavy (non-hydrogen) atoms. The van der Waals surface area contributed by atoms with Crippen molar-refractivity contribution in [3.8, 4) is 11.4 Å². The molecule has 0 aliphatic heterocycles. The zero-order chi connectivity index (χ0) is 20.6. The van der Waals surface area contributed by atoms with Crippen molar-refractivity contribution in [2.75, 3.05) is 0 Å². The van der Waals surface area contributed by atoms with Crippen molar-refractivity contribution in [3.63, 3.8) is 0 Å². The number of amides is 1. The van der Waals surface area contributed by atoms with Gasteiger partial charge in [-0.2, -0.15) is 23.3 Å². The quantitative estimate of drug-likeness (QED) is 0.730. The van der Waals surface area contributed by atoms with Crippen molar-refractivity contribution in [3.05, 3.63) is 46.9 Å². The zero-order valence-corrected chi connectivity index (χ0v) is 15.5. The van der Waals surface area contributed by atoms with Gasteiger partial charge in [0, 0.05) is 24.4 Å². The minimum absolute atomic E-state index is 0.0310. The first-order valence-corrected chi connectivity index (χ1v) is 8.26. The summed E-state index contributed by atoms with van der Waals surface area (Å²) in [6.45, 7) is 5.21. The first-order valence-electron chi connectivity index (χ1n) is 8.26. The molecule has 0 fully saturated rings. The number of halogens is 3. The average molecular weight is 394 g/mol. The maximum absolute atomic E-state index is 12.8. The lowest BCUT2D eigenvalue weighted by Crippen LogP contribution is -2.29. The number of nitrogens with one attached hydrogen (secondary N) is 1. The van der Waals surface area contributed by atoms with E-state index in [-0.39, 0.29) is 23.2 Å². The van der Waals surface area contributed by atoms with Crippen LogP contribution in [0.2, 0.25) is 0 Å². The van der Waals surface area contributed by atoms with Crippen molar-refractivity contribution in [1.82, 2.24) is 30.2 Å². The first-order chi connectivity index (χ1) is 13.1. The molecule has 0 aliphatic rings. The molecule has 0 saturated heterocycles. The molecule has 0 radical (unpaired) electrons. The number of hydrogen-bond acceptors (Lipinski definition) is 6. The highest BCUT2D eigenvalue weighted by atomic mass is 19.4. The summed E-state index contributed by atoms with van der Waals surface area (Å²) in [6.07, 6.45) is -3.56. The molecule has 3 aromatic rings. The molecular weight excluding hydrogens is 377 g/mol. The number of carbonyl (C=O) groups excluding carboxylic acids is 1. The third-order valence-corrected chi connectivity index (χ3v) is 4.20. The second kappa shape index (κ2) is 7.06. The van der Waals surface area contributed by atoms with E-state index >= 15 is 0 Å². The van der Waals surface area contributed by atoms with Crippen LogP contribution in [0.1, 0.15) is 46.3 Å². The van der Waals surface area contributed by atoms with Gasteiger partial charge in [0.05, 0.1) is 5.69 Å². The second-order valence-electron chi connectivity index (χ2n) is 6.26. The molecule has 0 unspecified atom stereocenters. The van der Waals surface area contributed by atoms with Crippen molar-refractivity contribution in [2.45, 2.75) is 33.0 Å². The number of alkyl halides is 3. The molecule has 0 bridgehead atoms. The Hall–Kier alpha value is -3.24. The summed E-state index contributed by atoms with van der Waals surface area (Å²) >= 11 is 0. The Morgan fingerprint density at radius 1 is 1.32 bits per heavy atom. The lowest BCUT2D eigenvalue weighted by Gasteiger charge is -2.10. The van der Waals surface area contributed by atoms with Crippen LogP contribution in [-0.2, 0) is 13.2 Å². The van der Waals surface area contributed by atoms with E-state index in [9.17, 15) is 18.0 Å². The number of hydrogen-bond donors (Lipinski definition) is 1. The summed E-state index contributed by atoms with van der Waals surface area (Å²) in [5.74, 6) is -0.349. The number of aromatic nitrogens is 5. The molecule has 0 aliphatic carbocycles. The van der Waals surface area contributed by atoms with Gasteiger partial charge in [0.25, 0.3) is 5.91 Å². The van der Waals surface area contributed by atoms with E-state index in [0.29, 0.717) is 5.69 Å². The Bertz CT molecular complexity index is 1020. The van der Waals surface area contributed by atoms with E-state index in [1.54, 1.807) is 27.8 Å². The topological polar surface area (TPSA) is 98.7 Å². The van der Waals surface area contributed by atoms with Crippen LogP contribution >= 0.6 is 0 Å². The minimum atomic E-state index is -4.58. The standard InChI is InChI=1S/C17H17F3N6O2/c1-8-9(2)24-26(4)13(8)15(27)22-10(3)16-23-14(25-28-16)11-5-6-21-12(7-11)17(18,19)20/h5-7,10H,1-4H3,(H,22,27)/t10-/m0/s1. The van der Waals surface area contributed by atoms with Gasteiger partial charge in [0.1, 0.15) is 17.4 Å². The second-order valence-corrected chi connectivity index (χ2v) is 6.26. The lowest BCUT2D eigenvalue weighted by molar-refractivity contribution is -0.141. The van der Waals surface area contributed by atoms with Crippen LogP contribution in [0, 0.1) is 13.8 Å². The smallest absolute Gasteiger partial charge is 0.339 e. The van der Waals surface area contributed by atoms with Gasteiger partial charge >= 0.3 is 6.18 Å². The van der Waals surface area contributed by atoms with Gasteiger partial charge in [-0.25, -0.2) is 0 Å². The molecule has 1 atom stereocenters. The summed E-state index contributed by atoms with van der Waals surface area (Å²) in [6, 6.07) is 1.52. The number of rotatable bonds is 4. The van der Waals surface area contributed by atoms with Crippen molar-refractivity contribution in [2.24, 2.45) is 7.05 Å². The van der Waals surface area contributed by atoms with Crippen LogP contribution in [0.4, 0.5) is 13.2 Å². The van der Waals surface area contributed by atoms with Gasteiger partial charge in [-0.05, 0) is 32.9 Å². The SMILES string of the molecule is Cc1nn(C)c(C(=O)N[C@@H](C)c2nc(-c3ccnc(C(F)(F)F)c3)no2)c1C. The maximum atomic E-state index is 12.8. The fraction of sp³-hybridized carbons (Fsp3) is 0.353. The average Bonchev–Trinajstić information content (AvgIpc) is 3.20. The van der Waals surface area contributed by atoms with Gasteiger partial charge in [-0.15, -0.1) is 0 Å². The highest BCUT2D eigenvalue weighted by molar-refractivity contribution is 5.94. The number of aryl methyl sites for hydroxylation is 2. The molecule has 11 heteroatoms. The molecule has 0 aromatic carbocycles. The molecule has 3 heterocycles. The zero-order valence-electron chi connectivity index (χ0n) is 15.5. The van der Waals surface area contributed by atoms with E-state index in [0.717, 1.165) is 23.5 Å². The monoisotopic (exact) mass is 394 g/mol. The van der Waals surface area contributed by atoms with Gasteiger partial charge in [-0.3, -0.25) is 14.5 Å². The Morgan fingerprint density at radius 2 is 2.04 bits per heavy atom. The van der Waals surface area contributed by atoms with Gasteiger partial charge < -0.3 is 9.84 Å².